The Bertz CT molecular complexity index is 1010. The molecule has 0 aliphatic carbocycles. The average molecular weight is 451 g/mol. The lowest BCUT2D eigenvalue weighted by atomic mass is 10.1. The molecule has 31 heavy (non-hydrogen) atoms. The maximum absolute atomic E-state index is 13.3. The summed E-state index contributed by atoms with van der Waals surface area (Å²) >= 11 is 1.46. The van der Waals surface area contributed by atoms with Crippen molar-refractivity contribution in [1.29, 1.82) is 0 Å². The number of benzene rings is 1. The Labute approximate surface area is 183 Å². The van der Waals surface area contributed by atoms with Crippen LogP contribution < -0.4 is 10.6 Å². The van der Waals surface area contributed by atoms with Crippen LogP contribution >= 0.6 is 11.3 Å². The molecule has 0 saturated carbocycles. The lowest BCUT2D eigenvalue weighted by molar-refractivity contribution is -0.138. The predicted octanol–water partition coefficient (Wildman–Crippen LogP) is 3.98. The van der Waals surface area contributed by atoms with E-state index in [0.29, 0.717) is 18.3 Å². The summed E-state index contributed by atoms with van der Waals surface area (Å²) in [7, 11) is 2.13. The van der Waals surface area contributed by atoms with Gasteiger partial charge in [-0.3, -0.25) is 4.90 Å². The third-order valence-corrected chi connectivity index (χ3v) is 6.29. The van der Waals surface area contributed by atoms with Gasteiger partial charge in [-0.1, -0.05) is 18.2 Å². The highest BCUT2D eigenvalue weighted by molar-refractivity contribution is 7.17. The van der Waals surface area contributed by atoms with Crippen LogP contribution in [-0.4, -0.2) is 66.1 Å². The Morgan fingerprint density at radius 3 is 2.58 bits per heavy atom. The first-order valence-electron chi connectivity index (χ1n) is 10.2. The highest BCUT2D eigenvalue weighted by Crippen LogP contribution is 2.33. The number of thiophene rings is 1. The van der Waals surface area contributed by atoms with Crippen molar-refractivity contribution in [2.45, 2.75) is 12.7 Å². The Morgan fingerprint density at radius 1 is 1.03 bits per heavy atom. The van der Waals surface area contributed by atoms with Gasteiger partial charge in [-0.15, -0.1) is 11.3 Å². The van der Waals surface area contributed by atoms with Crippen molar-refractivity contribution in [3.63, 3.8) is 0 Å². The summed E-state index contributed by atoms with van der Waals surface area (Å²) in [4.78, 5) is 13.8. The number of aromatic nitrogens is 2. The third-order valence-electron chi connectivity index (χ3n) is 5.38. The minimum absolute atomic E-state index is 0.0282. The van der Waals surface area contributed by atoms with E-state index in [1.165, 1.54) is 23.5 Å². The molecule has 1 fully saturated rings. The minimum Gasteiger partial charge on any atom is -0.365 e. The summed E-state index contributed by atoms with van der Waals surface area (Å²) in [6.45, 7) is 5.81. The van der Waals surface area contributed by atoms with Crippen LogP contribution in [0.2, 0.25) is 0 Å². The molecular formula is C21H25F3N6S. The van der Waals surface area contributed by atoms with Crippen LogP contribution in [0.5, 0.6) is 0 Å². The normalized spacial score (nSPS) is 16.0. The van der Waals surface area contributed by atoms with Crippen molar-refractivity contribution in [3.05, 3.63) is 46.8 Å². The largest absolute Gasteiger partial charge is 0.416 e. The van der Waals surface area contributed by atoms with E-state index in [1.54, 1.807) is 6.07 Å². The Kier molecular flexibility index (Phi) is 6.59. The molecular weight excluding hydrogens is 425 g/mol. The van der Waals surface area contributed by atoms with Gasteiger partial charge in [0.25, 0.3) is 0 Å². The molecule has 166 valence electrons. The highest BCUT2D eigenvalue weighted by Gasteiger charge is 2.32. The molecule has 2 N–H and O–H groups in total. The highest BCUT2D eigenvalue weighted by atomic mass is 32.1. The molecule has 3 aromatic rings. The molecule has 6 nitrogen and oxygen atoms in total. The lowest BCUT2D eigenvalue weighted by Gasteiger charge is -2.32. The van der Waals surface area contributed by atoms with E-state index in [4.69, 9.17) is 0 Å². The fraction of sp³-hybridized carbons (Fsp3) is 0.429. The first-order chi connectivity index (χ1) is 14.9. The molecule has 0 bridgehead atoms. The van der Waals surface area contributed by atoms with Crippen LogP contribution in [0.15, 0.2) is 35.7 Å². The maximum Gasteiger partial charge on any atom is 0.416 e. The molecule has 0 amide bonds. The molecule has 1 aliphatic rings. The average Bonchev–Trinajstić information content (AvgIpc) is 3.22. The van der Waals surface area contributed by atoms with Crippen LogP contribution in [0.4, 0.5) is 24.9 Å². The Hall–Kier alpha value is -2.43. The van der Waals surface area contributed by atoms with Crippen molar-refractivity contribution in [1.82, 2.24) is 19.8 Å². The van der Waals surface area contributed by atoms with Crippen LogP contribution in [0.1, 0.15) is 11.1 Å². The number of alkyl halides is 3. The maximum atomic E-state index is 13.3. The number of rotatable bonds is 7. The van der Waals surface area contributed by atoms with E-state index in [1.807, 2.05) is 11.4 Å². The topological polar surface area (TPSA) is 56.3 Å². The number of hydrogen-bond acceptors (Lipinski definition) is 7. The number of nitrogens with one attached hydrogen (secondary N) is 2. The van der Waals surface area contributed by atoms with Gasteiger partial charge in [-0.05, 0) is 30.1 Å². The number of nitrogens with zero attached hydrogens (tertiary/aromatic N) is 4. The first-order valence-corrected chi connectivity index (χ1v) is 11.1. The standard InChI is InChI=1S/C21H25F3N6S/c1-29-9-11-30(12-10-29)8-7-25-20-27-17-6-13-31-18(17)19(28-20)26-14-15-4-2-3-5-16(15)21(22,23)24/h2-6,13H,7-12,14H2,1H3,(H2,25,26,27,28). The van der Waals surface area contributed by atoms with Crippen LogP contribution in [0, 0.1) is 0 Å². The number of fused-ring (bicyclic) bond motifs is 1. The first kappa shape index (κ1) is 21.8. The number of halogens is 3. The second kappa shape index (κ2) is 9.37. The third kappa shape index (κ3) is 5.44. The van der Waals surface area contributed by atoms with Gasteiger partial charge in [-0.25, -0.2) is 4.98 Å². The number of piperazine rings is 1. The quantitative estimate of drug-likeness (QED) is 0.568. The van der Waals surface area contributed by atoms with Gasteiger partial charge in [0.05, 0.1) is 15.8 Å². The van der Waals surface area contributed by atoms with Crippen molar-refractivity contribution >= 4 is 33.3 Å². The van der Waals surface area contributed by atoms with Gasteiger partial charge in [0, 0.05) is 45.8 Å². The van der Waals surface area contributed by atoms with E-state index in [9.17, 15) is 13.2 Å². The van der Waals surface area contributed by atoms with Gasteiger partial charge in [-0.2, -0.15) is 18.2 Å². The fourth-order valence-electron chi connectivity index (χ4n) is 3.59. The van der Waals surface area contributed by atoms with Gasteiger partial charge in [0.1, 0.15) is 5.82 Å². The Morgan fingerprint density at radius 2 is 1.81 bits per heavy atom. The van der Waals surface area contributed by atoms with Crippen molar-refractivity contribution in [3.8, 4) is 0 Å². The zero-order valence-corrected chi connectivity index (χ0v) is 18.1. The lowest BCUT2D eigenvalue weighted by Crippen LogP contribution is -2.45. The Balaban J connectivity index is 1.44. The smallest absolute Gasteiger partial charge is 0.365 e. The van der Waals surface area contributed by atoms with E-state index in [0.717, 1.165) is 49.0 Å². The number of likely N-dealkylation sites (N-methyl/N-ethyl adjacent to an activating group) is 1. The number of hydrogen-bond donors (Lipinski definition) is 2. The van der Waals surface area contributed by atoms with E-state index in [2.05, 4.69) is 37.4 Å². The summed E-state index contributed by atoms with van der Waals surface area (Å²) in [5.74, 6) is 1.02. The van der Waals surface area contributed by atoms with Gasteiger partial charge in [0.2, 0.25) is 5.95 Å². The monoisotopic (exact) mass is 450 g/mol. The zero-order chi connectivity index (χ0) is 21.8. The van der Waals surface area contributed by atoms with Gasteiger partial charge < -0.3 is 15.5 Å². The molecule has 1 aromatic carbocycles. The van der Waals surface area contributed by atoms with Crippen LogP contribution in [0.25, 0.3) is 10.2 Å². The van der Waals surface area contributed by atoms with Crippen molar-refractivity contribution in [2.24, 2.45) is 0 Å². The minimum atomic E-state index is -4.39. The molecule has 0 radical (unpaired) electrons. The van der Waals surface area contributed by atoms with Gasteiger partial charge in [0.15, 0.2) is 0 Å². The fourth-order valence-corrected chi connectivity index (χ4v) is 4.39. The second-order valence-electron chi connectivity index (χ2n) is 7.61. The summed E-state index contributed by atoms with van der Waals surface area (Å²) in [6.07, 6.45) is -4.39. The molecule has 1 saturated heterocycles. The molecule has 4 rings (SSSR count). The van der Waals surface area contributed by atoms with Crippen LogP contribution in [-0.2, 0) is 12.7 Å². The zero-order valence-electron chi connectivity index (χ0n) is 17.2. The predicted molar refractivity (Wildman–Crippen MR) is 119 cm³/mol. The molecule has 2 aromatic heterocycles. The molecule has 0 unspecified atom stereocenters. The molecule has 3 heterocycles. The van der Waals surface area contributed by atoms with E-state index >= 15 is 0 Å². The number of anilines is 2. The SMILES string of the molecule is CN1CCN(CCNc2nc(NCc3ccccc3C(F)(F)F)c3sccc3n2)CC1. The second-order valence-corrected chi connectivity index (χ2v) is 8.53. The summed E-state index contributed by atoms with van der Waals surface area (Å²) in [5.41, 5.74) is 0.320. The van der Waals surface area contributed by atoms with Crippen LogP contribution in [0.3, 0.4) is 0 Å². The van der Waals surface area contributed by atoms with Crippen molar-refractivity contribution in [2.75, 3.05) is 56.9 Å². The molecule has 1 aliphatic heterocycles. The molecule has 10 heteroatoms. The summed E-state index contributed by atoms with van der Waals surface area (Å²) < 4.78 is 40.7. The van der Waals surface area contributed by atoms with Crippen molar-refractivity contribution < 1.29 is 13.2 Å². The summed E-state index contributed by atoms with van der Waals surface area (Å²) in [6, 6.07) is 7.48. The summed E-state index contributed by atoms with van der Waals surface area (Å²) in [5, 5.41) is 8.26. The van der Waals surface area contributed by atoms with Gasteiger partial charge >= 0.3 is 6.18 Å². The van der Waals surface area contributed by atoms with E-state index in [-0.39, 0.29) is 12.1 Å². The van der Waals surface area contributed by atoms with E-state index < -0.39 is 11.7 Å². The molecule has 0 spiro atoms. The molecule has 0 atom stereocenters.